The fourth-order valence-electron chi connectivity index (χ4n) is 2.03. The van der Waals surface area contributed by atoms with E-state index in [2.05, 4.69) is 20.9 Å². The standard InChI is InChI=1S/C17H13BrN2O/c18-15-10-13(19)11-20-17(15)21-16-9-5-4-8-14(16)12-6-2-1-3-7-12/h1-11H,19H2. The lowest BCUT2D eigenvalue weighted by Crippen LogP contribution is -1.93. The third-order valence-corrected chi connectivity index (χ3v) is 3.58. The molecule has 3 nitrogen and oxygen atoms in total. The smallest absolute Gasteiger partial charge is 0.233 e. The topological polar surface area (TPSA) is 48.1 Å². The van der Waals surface area contributed by atoms with Crippen LogP contribution in [0.15, 0.2) is 71.3 Å². The highest BCUT2D eigenvalue weighted by Crippen LogP contribution is 2.35. The minimum Gasteiger partial charge on any atom is -0.437 e. The minimum absolute atomic E-state index is 0.493. The van der Waals surface area contributed by atoms with Crippen molar-refractivity contribution in [1.82, 2.24) is 4.98 Å². The lowest BCUT2D eigenvalue weighted by Gasteiger charge is -2.11. The molecule has 0 amide bonds. The molecule has 0 aliphatic heterocycles. The van der Waals surface area contributed by atoms with Crippen molar-refractivity contribution in [3.63, 3.8) is 0 Å². The zero-order valence-corrected chi connectivity index (χ0v) is 12.7. The fourth-order valence-corrected chi connectivity index (χ4v) is 2.48. The van der Waals surface area contributed by atoms with Gasteiger partial charge in [-0.1, -0.05) is 48.5 Å². The summed E-state index contributed by atoms with van der Waals surface area (Å²) in [7, 11) is 0. The van der Waals surface area contributed by atoms with Gasteiger partial charge in [0, 0.05) is 5.56 Å². The zero-order chi connectivity index (χ0) is 14.7. The van der Waals surface area contributed by atoms with Crippen LogP contribution in [0.3, 0.4) is 0 Å². The van der Waals surface area contributed by atoms with Gasteiger partial charge in [-0.15, -0.1) is 0 Å². The number of hydrogen-bond acceptors (Lipinski definition) is 3. The highest BCUT2D eigenvalue weighted by molar-refractivity contribution is 9.10. The van der Waals surface area contributed by atoms with Crippen LogP contribution >= 0.6 is 15.9 Å². The molecule has 3 rings (SSSR count). The second kappa shape index (κ2) is 5.97. The van der Waals surface area contributed by atoms with E-state index >= 15 is 0 Å². The molecule has 2 N–H and O–H groups in total. The molecule has 0 atom stereocenters. The summed E-state index contributed by atoms with van der Waals surface area (Å²) >= 11 is 3.42. The average molecular weight is 341 g/mol. The lowest BCUT2D eigenvalue weighted by atomic mass is 10.1. The number of nitrogens with zero attached hydrogens (tertiary/aromatic N) is 1. The van der Waals surface area contributed by atoms with Gasteiger partial charge in [0.2, 0.25) is 5.88 Å². The van der Waals surface area contributed by atoms with Gasteiger partial charge < -0.3 is 10.5 Å². The maximum Gasteiger partial charge on any atom is 0.233 e. The van der Waals surface area contributed by atoms with E-state index in [9.17, 15) is 0 Å². The van der Waals surface area contributed by atoms with Gasteiger partial charge in [-0.3, -0.25) is 0 Å². The fraction of sp³-hybridized carbons (Fsp3) is 0. The first-order valence-electron chi connectivity index (χ1n) is 6.47. The highest BCUT2D eigenvalue weighted by atomic mass is 79.9. The number of rotatable bonds is 3. The van der Waals surface area contributed by atoms with Crippen LogP contribution in [0.4, 0.5) is 5.69 Å². The van der Waals surface area contributed by atoms with Crippen LogP contribution in [0.1, 0.15) is 0 Å². The highest BCUT2D eigenvalue weighted by Gasteiger charge is 2.09. The molecular weight excluding hydrogens is 328 g/mol. The Bertz CT molecular complexity index is 760. The van der Waals surface area contributed by atoms with E-state index in [1.165, 1.54) is 0 Å². The number of pyridine rings is 1. The molecule has 3 aromatic rings. The molecule has 2 aromatic carbocycles. The Balaban J connectivity index is 2.00. The summed E-state index contributed by atoms with van der Waals surface area (Å²) in [6, 6.07) is 19.7. The Morgan fingerprint density at radius 1 is 0.952 bits per heavy atom. The molecule has 104 valence electrons. The van der Waals surface area contributed by atoms with E-state index in [-0.39, 0.29) is 0 Å². The van der Waals surface area contributed by atoms with E-state index in [0.717, 1.165) is 21.3 Å². The van der Waals surface area contributed by atoms with Crippen molar-refractivity contribution in [3.8, 4) is 22.8 Å². The molecular formula is C17H13BrN2O. The van der Waals surface area contributed by atoms with Gasteiger partial charge in [-0.25, -0.2) is 4.98 Å². The first-order valence-corrected chi connectivity index (χ1v) is 7.26. The molecule has 21 heavy (non-hydrogen) atoms. The molecule has 0 saturated heterocycles. The van der Waals surface area contributed by atoms with E-state index in [4.69, 9.17) is 10.5 Å². The maximum atomic E-state index is 5.94. The van der Waals surface area contributed by atoms with Gasteiger partial charge in [0.05, 0.1) is 16.4 Å². The quantitative estimate of drug-likeness (QED) is 0.738. The summed E-state index contributed by atoms with van der Waals surface area (Å²) in [4.78, 5) is 4.21. The van der Waals surface area contributed by atoms with Crippen LogP contribution < -0.4 is 10.5 Å². The van der Waals surface area contributed by atoms with Crippen LogP contribution in [0.5, 0.6) is 11.6 Å². The number of anilines is 1. The summed E-state index contributed by atoms with van der Waals surface area (Å²) in [5.41, 5.74) is 8.40. The Hall–Kier alpha value is -2.33. The van der Waals surface area contributed by atoms with Crippen molar-refractivity contribution < 1.29 is 4.74 Å². The third-order valence-electron chi connectivity index (χ3n) is 3.01. The van der Waals surface area contributed by atoms with Crippen molar-refractivity contribution in [2.45, 2.75) is 0 Å². The predicted molar refractivity (Wildman–Crippen MR) is 88.3 cm³/mol. The monoisotopic (exact) mass is 340 g/mol. The molecule has 0 unspecified atom stereocenters. The van der Waals surface area contributed by atoms with E-state index < -0.39 is 0 Å². The number of nitrogen functional groups attached to an aromatic ring is 1. The second-order valence-electron chi connectivity index (χ2n) is 4.52. The number of benzene rings is 2. The normalized spacial score (nSPS) is 10.3. The largest absolute Gasteiger partial charge is 0.437 e. The summed E-state index contributed by atoms with van der Waals surface area (Å²) in [6.45, 7) is 0. The van der Waals surface area contributed by atoms with Gasteiger partial charge in [0.15, 0.2) is 0 Å². The van der Waals surface area contributed by atoms with Gasteiger partial charge in [0.25, 0.3) is 0 Å². The number of aromatic nitrogens is 1. The molecule has 0 spiro atoms. The Labute approximate surface area is 131 Å². The van der Waals surface area contributed by atoms with Gasteiger partial charge in [-0.2, -0.15) is 0 Å². The van der Waals surface area contributed by atoms with E-state index in [0.29, 0.717) is 11.6 Å². The van der Waals surface area contributed by atoms with E-state index in [1.807, 2.05) is 54.6 Å². The van der Waals surface area contributed by atoms with Crippen molar-refractivity contribution in [1.29, 1.82) is 0 Å². The van der Waals surface area contributed by atoms with Crippen molar-refractivity contribution in [3.05, 3.63) is 71.3 Å². The summed E-state index contributed by atoms with van der Waals surface area (Å²) in [5.74, 6) is 1.24. The summed E-state index contributed by atoms with van der Waals surface area (Å²) < 4.78 is 6.66. The van der Waals surface area contributed by atoms with Crippen molar-refractivity contribution in [2.24, 2.45) is 0 Å². The number of halogens is 1. The molecule has 1 heterocycles. The predicted octanol–water partition coefficient (Wildman–Crippen LogP) is 4.89. The number of ether oxygens (including phenoxy) is 1. The minimum atomic E-state index is 0.493. The third kappa shape index (κ3) is 3.06. The zero-order valence-electron chi connectivity index (χ0n) is 11.2. The van der Waals surface area contributed by atoms with Gasteiger partial charge in [0.1, 0.15) is 5.75 Å². The summed E-state index contributed by atoms with van der Waals surface area (Å²) in [6.07, 6.45) is 1.57. The molecule has 0 saturated carbocycles. The Kier molecular flexibility index (Phi) is 3.88. The molecule has 0 aliphatic carbocycles. The van der Waals surface area contributed by atoms with Crippen LogP contribution in [0.25, 0.3) is 11.1 Å². The van der Waals surface area contributed by atoms with E-state index in [1.54, 1.807) is 12.3 Å². The van der Waals surface area contributed by atoms with Crippen molar-refractivity contribution >= 4 is 21.6 Å². The number of hydrogen-bond donors (Lipinski definition) is 1. The molecule has 0 radical (unpaired) electrons. The first kappa shape index (κ1) is 13.6. The summed E-state index contributed by atoms with van der Waals surface area (Å²) in [5, 5.41) is 0. The second-order valence-corrected chi connectivity index (χ2v) is 5.37. The lowest BCUT2D eigenvalue weighted by molar-refractivity contribution is 0.461. The van der Waals surface area contributed by atoms with Crippen LogP contribution in [-0.4, -0.2) is 4.98 Å². The first-order chi connectivity index (χ1) is 10.2. The Morgan fingerprint density at radius 3 is 2.43 bits per heavy atom. The average Bonchev–Trinajstić information content (AvgIpc) is 2.51. The van der Waals surface area contributed by atoms with Gasteiger partial charge in [-0.05, 0) is 33.6 Å². The molecule has 0 fully saturated rings. The van der Waals surface area contributed by atoms with Crippen LogP contribution in [-0.2, 0) is 0 Å². The van der Waals surface area contributed by atoms with Crippen molar-refractivity contribution in [2.75, 3.05) is 5.73 Å². The molecule has 0 bridgehead atoms. The molecule has 4 heteroatoms. The maximum absolute atomic E-state index is 5.94. The molecule has 0 aliphatic rings. The van der Waals surface area contributed by atoms with Crippen LogP contribution in [0.2, 0.25) is 0 Å². The van der Waals surface area contributed by atoms with Crippen LogP contribution in [0, 0.1) is 0 Å². The number of para-hydroxylation sites is 1. The van der Waals surface area contributed by atoms with Gasteiger partial charge >= 0.3 is 0 Å². The SMILES string of the molecule is Nc1cnc(Oc2ccccc2-c2ccccc2)c(Br)c1. The Morgan fingerprint density at radius 2 is 1.67 bits per heavy atom. The number of nitrogens with two attached hydrogens (primary N) is 1. The molecule has 1 aromatic heterocycles.